The molecule has 2 amide bonds. The van der Waals surface area contributed by atoms with Crippen molar-refractivity contribution < 1.29 is 19.5 Å². The predicted octanol–water partition coefficient (Wildman–Crippen LogP) is 2.26. The van der Waals surface area contributed by atoms with Gasteiger partial charge in [-0.1, -0.05) is 24.3 Å². The lowest BCUT2D eigenvalue weighted by Crippen LogP contribution is -2.30. The zero-order valence-corrected chi connectivity index (χ0v) is 12.5. The molecule has 0 bridgehead atoms. The Bertz CT molecular complexity index is 476. The standard InChI is InChI=1S/C16H22N2O4/c1-2-12-22-14(10-6-7-11-15(19)18-21)16(20)17-13-8-4-3-5-9-13/h2-5,8-9,14,21H,1,6-7,10-12H2,(H,17,20)(H,18,19). The summed E-state index contributed by atoms with van der Waals surface area (Å²) in [6.07, 6.45) is 2.89. The number of hydrogen-bond donors (Lipinski definition) is 3. The first kappa shape index (κ1) is 17.9. The average Bonchev–Trinajstić information content (AvgIpc) is 2.54. The van der Waals surface area contributed by atoms with Gasteiger partial charge in [0.1, 0.15) is 6.10 Å². The summed E-state index contributed by atoms with van der Waals surface area (Å²) in [7, 11) is 0. The van der Waals surface area contributed by atoms with Crippen LogP contribution in [0.5, 0.6) is 0 Å². The third-order valence-electron chi connectivity index (χ3n) is 2.99. The average molecular weight is 306 g/mol. The minimum Gasteiger partial charge on any atom is -0.364 e. The van der Waals surface area contributed by atoms with E-state index in [-0.39, 0.29) is 18.9 Å². The molecule has 1 atom stereocenters. The number of hydrogen-bond acceptors (Lipinski definition) is 4. The van der Waals surface area contributed by atoms with Crippen LogP contribution in [-0.2, 0) is 14.3 Å². The van der Waals surface area contributed by atoms with Crippen molar-refractivity contribution in [3.05, 3.63) is 43.0 Å². The Kier molecular flexibility index (Phi) is 8.56. The van der Waals surface area contributed by atoms with Crippen molar-refractivity contribution in [2.24, 2.45) is 0 Å². The fourth-order valence-electron chi connectivity index (χ4n) is 1.89. The first-order valence-corrected chi connectivity index (χ1v) is 7.18. The maximum atomic E-state index is 12.2. The number of ether oxygens (including phenoxy) is 1. The molecule has 1 aromatic rings. The molecule has 0 heterocycles. The first-order chi connectivity index (χ1) is 10.7. The van der Waals surface area contributed by atoms with Gasteiger partial charge in [-0.05, 0) is 31.4 Å². The maximum Gasteiger partial charge on any atom is 0.253 e. The topological polar surface area (TPSA) is 87.7 Å². The number of benzene rings is 1. The molecule has 0 saturated heterocycles. The van der Waals surface area contributed by atoms with E-state index in [0.29, 0.717) is 24.9 Å². The summed E-state index contributed by atoms with van der Waals surface area (Å²) in [4.78, 5) is 23.1. The molecule has 0 aliphatic heterocycles. The Labute approximate surface area is 130 Å². The third kappa shape index (κ3) is 7.01. The number of nitrogens with one attached hydrogen (secondary N) is 2. The van der Waals surface area contributed by atoms with Gasteiger partial charge in [-0.3, -0.25) is 14.8 Å². The molecular formula is C16H22N2O4. The van der Waals surface area contributed by atoms with Gasteiger partial charge in [0.05, 0.1) is 6.61 Å². The zero-order valence-electron chi connectivity index (χ0n) is 12.5. The molecule has 0 fully saturated rings. The number of unbranched alkanes of at least 4 members (excludes halogenated alkanes) is 1. The van der Waals surface area contributed by atoms with E-state index in [1.807, 2.05) is 18.2 Å². The number of anilines is 1. The van der Waals surface area contributed by atoms with Gasteiger partial charge in [-0.15, -0.1) is 6.58 Å². The number of carbonyl (C=O) groups is 2. The van der Waals surface area contributed by atoms with E-state index in [1.165, 1.54) is 0 Å². The highest BCUT2D eigenvalue weighted by atomic mass is 16.5. The molecule has 3 N–H and O–H groups in total. The van der Waals surface area contributed by atoms with Crippen LogP contribution < -0.4 is 10.8 Å². The number of amides is 2. The zero-order chi connectivity index (χ0) is 16.2. The van der Waals surface area contributed by atoms with E-state index in [0.717, 1.165) is 0 Å². The van der Waals surface area contributed by atoms with Crippen molar-refractivity contribution in [2.45, 2.75) is 31.8 Å². The lowest BCUT2D eigenvalue weighted by Gasteiger charge is -2.16. The van der Waals surface area contributed by atoms with Crippen LogP contribution in [-0.4, -0.2) is 29.7 Å². The molecule has 0 spiro atoms. The quantitative estimate of drug-likeness (QED) is 0.268. The maximum absolute atomic E-state index is 12.2. The summed E-state index contributed by atoms with van der Waals surface area (Å²) in [5, 5.41) is 11.2. The minimum absolute atomic E-state index is 0.213. The Morgan fingerprint density at radius 3 is 2.64 bits per heavy atom. The van der Waals surface area contributed by atoms with Gasteiger partial charge in [0.2, 0.25) is 5.91 Å². The van der Waals surface area contributed by atoms with Gasteiger partial charge in [0, 0.05) is 12.1 Å². The molecule has 1 unspecified atom stereocenters. The van der Waals surface area contributed by atoms with Crippen LogP contribution in [0.3, 0.4) is 0 Å². The second kappa shape index (κ2) is 10.5. The molecule has 0 saturated carbocycles. The number of hydroxylamine groups is 1. The van der Waals surface area contributed by atoms with E-state index >= 15 is 0 Å². The first-order valence-electron chi connectivity index (χ1n) is 7.18. The summed E-state index contributed by atoms with van der Waals surface area (Å²) in [6, 6.07) is 9.14. The smallest absolute Gasteiger partial charge is 0.253 e. The van der Waals surface area contributed by atoms with Crippen molar-refractivity contribution in [2.75, 3.05) is 11.9 Å². The number of carbonyl (C=O) groups excluding carboxylic acids is 2. The molecule has 0 radical (unpaired) electrons. The molecule has 0 aliphatic rings. The van der Waals surface area contributed by atoms with Crippen molar-refractivity contribution >= 4 is 17.5 Å². The number of para-hydroxylation sites is 1. The predicted molar refractivity (Wildman–Crippen MR) is 83.4 cm³/mol. The summed E-state index contributed by atoms with van der Waals surface area (Å²) < 4.78 is 5.48. The van der Waals surface area contributed by atoms with Gasteiger partial charge < -0.3 is 10.1 Å². The molecule has 120 valence electrons. The molecule has 0 aromatic heterocycles. The summed E-state index contributed by atoms with van der Waals surface area (Å²) in [5.74, 6) is -0.656. The van der Waals surface area contributed by atoms with E-state index in [9.17, 15) is 9.59 Å². The molecule has 22 heavy (non-hydrogen) atoms. The summed E-state index contributed by atoms with van der Waals surface area (Å²) >= 11 is 0. The summed E-state index contributed by atoms with van der Waals surface area (Å²) in [5.41, 5.74) is 2.29. The highest BCUT2D eigenvalue weighted by molar-refractivity contribution is 5.94. The van der Waals surface area contributed by atoms with Gasteiger partial charge in [0.25, 0.3) is 5.91 Å². The Morgan fingerprint density at radius 2 is 2.00 bits per heavy atom. The lowest BCUT2D eigenvalue weighted by atomic mass is 10.1. The van der Waals surface area contributed by atoms with E-state index in [1.54, 1.807) is 23.7 Å². The highest BCUT2D eigenvalue weighted by Gasteiger charge is 2.18. The fraction of sp³-hybridized carbons (Fsp3) is 0.375. The van der Waals surface area contributed by atoms with Gasteiger partial charge in [0.15, 0.2) is 0 Å². The van der Waals surface area contributed by atoms with Crippen molar-refractivity contribution in [3.63, 3.8) is 0 Å². The van der Waals surface area contributed by atoms with Crippen molar-refractivity contribution in [1.82, 2.24) is 5.48 Å². The molecular weight excluding hydrogens is 284 g/mol. The molecule has 0 aliphatic carbocycles. The second-order valence-corrected chi connectivity index (χ2v) is 4.75. The van der Waals surface area contributed by atoms with Crippen LogP contribution in [0.1, 0.15) is 25.7 Å². The van der Waals surface area contributed by atoms with Crippen LogP contribution in [0.15, 0.2) is 43.0 Å². The third-order valence-corrected chi connectivity index (χ3v) is 2.99. The van der Waals surface area contributed by atoms with Gasteiger partial charge in [-0.25, -0.2) is 5.48 Å². The molecule has 6 heteroatoms. The number of rotatable bonds is 10. The SMILES string of the molecule is C=CCOC(CCCCC(=O)NO)C(=O)Nc1ccccc1. The summed E-state index contributed by atoms with van der Waals surface area (Å²) in [6.45, 7) is 3.85. The fourth-order valence-corrected chi connectivity index (χ4v) is 1.89. The largest absolute Gasteiger partial charge is 0.364 e. The van der Waals surface area contributed by atoms with Gasteiger partial charge >= 0.3 is 0 Å². The van der Waals surface area contributed by atoms with E-state index < -0.39 is 12.0 Å². The van der Waals surface area contributed by atoms with Crippen LogP contribution in [0.25, 0.3) is 0 Å². The van der Waals surface area contributed by atoms with Crippen LogP contribution in [0.2, 0.25) is 0 Å². The Balaban J connectivity index is 2.46. The lowest BCUT2D eigenvalue weighted by molar-refractivity contribution is -0.129. The highest BCUT2D eigenvalue weighted by Crippen LogP contribution is 2.12. The van der Waals surface area contributed by atoms with Crippen LogP contribution in [0, 0.1) is 0 Å². The van der Waals surface area contributed by atoms with Gasteiger partial charge in [-0.2, -0.15) is 0 Å². The Morgan fingerprint density at radius 1 is 1.27 bits per heavy atom. The molecule has 1 aromatic carbocycles. The van der Waals surface area contributed by atoms with Crippen LogP contribution in [0.4, 0.5) is 5.69 Å². The molecule has 1 rings (SSSR count). The van der Waals surface area contributed by atoms with E-state index in [4.69, 9.17) is 9.94 Å². The van der Waals surface area contributed by atoms with Crippen molar-refractivity contribution in [1.29, 1.82) is 0 Å². The van der Waals surface area contributed by atoms with Crippen molar-refractivity contribution in [3.8, 4) is 0 Å². The van der Waals surface area contributed by atoms with E-state index in [2.05, 4.69) is 11.9 Å². The van der Waals surface area contributed by atoms with Crippen LogP contribution >= 0.6 is 0 Å². The Hall–Kier alpha value is -2.18. The molecule has 6 nitrogen and oxygen atoms in total. The normalized spacial score (nSPS) is 11.5. The monoisotopic (exact) mass is 306 g/mol. The second-order valence-electron chi connectivity index (χ2n) is 4.75. The minimum atomic E-state index is -0.601.